The van der Waals surface area contributed by atoms with Crippen molar-refractivity contribution in [3.63, 3.8) is 0 Å². The molecule has 0 spiro atoms. The molecule has 0 aromatic heterocycles. The van der Waals surface area contributed by atoms with Crippen LogP contribution in [-0.4, -0.2) is 89.9 Å². The van der Waals surface area contributed by atoms with Crippen molar-refractivity contribution in [2.75, 3.05) is 72.9 Å². The first-order valence-electron chi connectivity index (χ1n) is 11.1. The maximum Gasteiger partial charge on any atom is 0.193 e. The molecule has 0 amide bonds. The minimum atomic E-state index is 0. The Hall–Kier alpha value is -0.160. The van der Waals surface area contributed by atoms with Crippen molar-refractivity contribution >= 4 is 29.9 Å². The summed E-state index contributed by atoms with van der Waals surface area (Å²) >= 11 is 0. The number of nitrogens with zero attached hydrogens (tertiary/aromatic N) is 2. The Kier molecular flexibility index (Phi) is 16.2. The monoisotopic (exact) mass is 527 g/mol. The molecule has 1 N–H and O–H groups in total. The number of hydrogen-bond acceptors (Lipinski definition) is 5. The van der Waals surface area contributed by atoms with Crippen LogP contribution in [-0.2, 0) is 18.9 Å². The van der Waals surface area contributed by atoms with Gasteiger partial charge in [-0.2, -0.15) is 0 Å². The molecule has 0 unspecified atom stereocenters. The highest BCUT2D eigenvalue weighted by Gasteiger charge is 2.21. The first kappa shape index (κ1) is 26.9. The molecule has 2 aliphatic rings. The molecule has 0 aliphatic carbocycles. The van der Waals surface area contributed by atoms with Gasteiger partial charge in [-0.3, -0.25) is 4.99 Å². The van der Waals surface area contributed by atoms with Crippen molar-refractivity contribution in [1.29, 1.82) is 0 Å². The highest BCUT2D eigenvalue weighted by atomic mass is 127. The van der Waals surface area contributed by atoms with Crippen LogP contribution in [0.25, 0.3) is 0 Å². The molecule has 0 atom stereocenters. The molecule has 2 heterocycles. The zero-order chi connectivity index (χ0) is 19.9. The fourth-order valence-electron chi connectivity index (χ4n) is 3.63. The van der Waals surface area contributed by atoms with E-state index in [0.717, 1.165) is 110 Å². The molecule has 8 heteroatoms. The normalized spacial score (nSPS) is 19.2. The fourth-order valence-corrected chi connectivity index (χ4v) is 3.63. The van der Waals surface area contributed by atoms with Gasteiger partial charge in [0.25, 0.3) is 0 Å². The number of rotatable bonds is 12. The lowest BCUT2D eigenvalue weighted by molar-refractivity contribution is 0.00987. The van der Waals surface area contributed by atoms with E-state index in [1.165, 1.54) is 0 Å². The van der Waals surface area contributed by atoms with Crippen LogP contribution in [0.5, 0.6) is 0 Å². The topological polar surface area (TPSA) is 64.6 Å². The van der Waals surface area contributed by atoms with Gasteiger partial charge in [-0.25, -0.2) is 0 Å². The van der Waals surface area contributed by atoms with Crippen molar-refractivity contribution < 1.29 is 18.9 Å². The molecule has 29 heavy (non-hydrogen) atoms. The second kappa shape index (κ2) is 17.5. The van der Waals surface area contributed by atoms with Crippen LogP contribution in [0.4, 0.5) is 0 Å². The summed E-state index contributed by atoms with van der Waals surface area (Å²) in [7, 11) is 1.73. The van der Waals surface area contributed by atoms with E-state index in [1.807, 2.05) is 0 Å². The number of piperidine rings is 1. The number of likely N-dealkylation sites (tertiary alicyclic amines) is 1. The van der Waals surface area contributed by atoms with Gasteiger partial charge in [-0.1, -0.05) is 0 Å². The number of nitrogens with one attached hydrogen (secondary N) is 1. The van der Waals surface area contributed by atoms with Crippen molar-refractivity contribution in [2.45, 2.75) is 51.6 Å². The second-order valence-electron chi connectivity index (χ2n) is 7.62. The van der Waals surface area contributed by atoms with Crippen LogP contribution >= 0.6 is 24.0 Å². The summed E-state index contributed by atoms with van der Waals surface area (Å²) in [6.45, 7) is 10.8. The Morgan fingerprint density at radius 3 is 2.52 bits per heavy atom. The van der Waals surface area contributed by atoms with Crippen LogP contribution in [0.15, 0.2) is 4.99 Å². The molecule has 2 fully saturated rings. The Balaban J connectivity index is 0.00000420. The van der Waals surface area contributed by atoms with Crippen LogP contribution < -0.4 is 5.32 Å². The number of hydrogen-bond donors (Lipinski definition) is 1. The summed E-state index contributed by atoms with van der Waals surface area (Å²) < 4.78 is 22.3. The molecule has 2 saturated heterocycles. The molecule has 7 nitrogen and oxygen atoms in total. The third-order valence-corrected chi connectivity index (χ3v) is 5.33. The Labute approximate surface area is 194 Å². The van der Waals surface area contributed by atoms with E-state index < -0.39 is 0 Å². The molecule has 0 bridgehead atoms. The maximum absolute atomic E-state index is 5.96. The number of methoxy groups -OCH3 is 1. The fraction of sp³-hybridized carbons (Fsp3) is 0.952. The largest absolute Gasteiger partial charge is 0.385 e. The van der Waals surface area contributed by atoms with E-state index in [2.05, 4.69) is 17.1 Å². The number of halogens is 1. The first-order valence-corrected chi connectivity index (χ1v) is 11.1. The van der Waals surface area contributed by atoms with Gasteiger partial charge in [0, 0.05) is 72.9 Å². The Morgan fingerprint density at radius 1 is 1.07 bits per heavy atom. The summed E-state index contributed by atoms with van der Waals surface area (Å²) in [6.07, 6.45) is 6.70. The lowest BCUT2D eigenvalue weighted by Gasteiger charge is -2.34. The summed E-state index contributed by atoms with van der Waals surface area (Å²) in [4.78, 5) is 7.17. The predicted molar refractivity (Wildman–Crippen MR) is 127 cm³/mol. The van der Waals surface area contributed by atoms with E-state index >= 15 is 0 Å². The summed E-state index contributed by atoms with van der Waals surface area (Å²) in [6, 6.07) is 0. The van der Waals surface area contributed by atoms with E-state index in [-0.39, 0.29) is 24.0 Å². The van der Waals surface area contributed by atoms with Gasteiger partial charge in [0.15, 0.2) is 5.96 Å². The third-order valence-electron chi connectivity index (χ3n) is 5.33. The number of ether oxygens (including phenoxy) is 4. The summed E-state index contributed by atoms with van der Waals surface area (Å²) in [5.41, 5.74) is 0. The van der Waals surface area contributed by atoms with Crippen LogP contribution in [0.3, 0.4) is 0 Å². The van der Waals surface area contributed by atoms with Gasteiger partial charge < -0.3 is 29.2 Å². The molecule has 2 aliphatic heterocycles. The van der Waals surface area contributed by atoms with Gasteiger partial charge in [0.05, 0.1) is 6.10 Å². The molecule has 0 aromatic rings. The zero-order valence-corrected chi connectivity index (χ0v) is 20.7. The predicted octanol–water partition coefficient (Wildman–Crippen LogP) is 2.92. The van der Waals surface area contributed by atoms with Gasteiger partial charge in [-0.15, -0.1) is 24.0 Å². The molecule has 172 valence electrons. The van der Waals surface area contributed by atoms with E-state index in [4.69, 9.17) is 23.9 Å². The lowest BCUT2D eigenvalue weighted by Crippen LogP contribution is -2.47. The van der Waals surface area contributed by atoms with Crippen LogP contribution in [0.1, 0.15) is 45.4 Å². The molecule has 0 radical (unpaired) electrons. The SMILES string of the molecule is CCNC(=NCCCOCC1CCOCC1)N1CCC(OCCCOC)CC1.I. The van der Waals surface area contributed by atoms with Gasteiger partial charge in [-0.05, 0) is 51.4 Å². The quantitative estimate of drug-likeness (QED) is 0.182. The van der Waals surface area contributed by atoms with Gasteiger partial charge in [0.2, 0.25) is 0 Å². The van der Waals surface area contributed by atoms with Crippen LogP contribution in [0, 0.1) is 5.92 Å². The Morgan fingerprint density at radius 2 is 1.83 bits per heavy atom. The van der Waals surface area contributed by atoms with E-state index in [1.54, 1.807) is 7.11 Å². The van der Waals surface area contributed by atoms with E-state index in [9.17, 15) is 0 Å². The molecular formula is C21H42IN3O4. The summed E-state index contributed by atoms with van der Waals surface area (Å²) in [5.74, 6) is 1.71. The van der Waals surface area contributed by atoms with Gasteiger partial charge in [0.1, 0.15) is 0 Å². The maximum atomic E-state index is 5.96. The molecule has 0 aromatic carbocycles. The van der Waals surface area contributed by atoms with Crippen molar-refractivity contribution in [2.24, 2.45) is 10.9 Å². The van der Waals surface area contributed by atoms with E-state index in [0.29, 0.717) is 12.0 Å². The van der Waals surface area contributed by atoms with Crippen molar-refractivity contribution in [3.8, 4) is 0 Å². The summed E-state index contributed by atoms with van der Waals surface area (Å²) in [5, 5.41) is 3.43. The first-order chi connectivity index (χ1) is 13.8. The second-order valence-corrected chi connectivity index (χ2v) is 7.62. The molecule has 2 rings (SSSR count). The average molecular weight is 527 g/mol. The molecule has 0 saturated carbocycles. The third kappa shape index (κ3) is 11.7. The highest BCUT2D eigenvalue weighted by Crippen LogP contribution is 2.15. The highest BCUT2D eigenvalue weighted by molar-refractivity contribution is 14.0. The van der Waals surface area contributed by atoms with Crippen LogP contribution in [0.2, 0.25) is 0 Å². The number of aliphatic imine (C=N–C) groups is 1. The zero-order valence-electron chi connectivity index (χ0n) is 18.4. The smallest absolute Gasteiger partial charge is 0.193 e. The van der Waals surface area contributed by atoms with Crippen molar-refractivity contribution in [1.82, 2.24) is 10.2 Å². The minimum Gasteiger partial charge on any atom is -0.385 e. The molecular weight excluding hydrogens is 485 g/mol. The average Bonchev–Trinajstić information content (AvgIpc) is 2.74. The lowest BCUT2D eigenvalue weighted by atomic mass is 10.0. The van der Waals surface area contributed by atoms with Crippen molar-refractivity contribution in [3.05, 3.63) is 0 Å². The van der Waals surface area contributed by atoms with Gasteiger partial charge >= 0.3 is 0 Å². The Bertz CT molecular complexity index is 415. The minimum absolute atomic E-state index is 0. The number of guanidine groups is 1. The standard InChI is InChI=1S/C21H41N3O4.HI/c1-3-22-21(23-10-4-14-27-18-19-8-16-26-17-9-19)24-11-6-20(7-12-24)28-15-5-13-25-2;/h19-20H,3-18H2,1-2H3,(H,22,23);1H.